The topological polar surface area (TPSA) is 82.7 Å². The molecule has 1 fully saturated rings. The zero-order valence-corrected chi connectivity index (χ0v) is 18.7. The molecule has 1 heterocycles. The van der Waals surface area contributed by atoms with Crippen molar-refractivity contribution in [2.24, 2.45) is 0 Å². The number of hydrogen-bond acceptors (Lipinski definition) is 4. The van der Waals surface area contributed by atoms with Gasteiger partial charge in [-0.05, 0) is 54.1 Å². The van der Waals surface area contributed by atoms with Crippen molar-refractivity contribution in [3.63, 3.8) is 0 Å². The Morgan fingerprint density at radius 2 is 1.47 bits per heavy atom. The van der Waals surface area contributed by atoms with Gasteiger partial charge >= 0.3 is 6.03 Å². The number of morpholine rings is 1. The van der Waals surface area contributed by atoms with Crippen LogP contribution in [-0.4, -0.2) is 49.7 Å². The summed E-state index contributed by atoms with van der Waals surface area (Å²) < 4.78 is 18.9. The highest BCUT2D eigenvalue weighted by molar-refractivity contribution is 6.00. The molecular formula is C26H27FN4O3. The van der Waals surface area contributed by atoms with Gasteiger partial charge in [0.05, 0.1) is 19.3 Å². The molecule has 0 spiro atoms. The second kappa shape index (κ2) is 11.4. The Morgan fingerprint density at radius 3 is 2.12 bits per heavy atom. The summed E-state index contributed by atoms with van der Waals surface area (Å²) in [4.78, 5) is 27.2. The van der Waals surface area contributed by atoms with Gasteiger partial charge in [-0.2, -0.15) is 0 Å². The molecule has 0 aliphatic carbocycles. The van der Waals surface area contributed by atoms with Gasteiger partial charge in [-0.15, -0.1) is 0 Å². The van der Waals surface area contributed by atoms with Gasteiger partial charge in [0.2, 0.25) is 0 Å². The number of anilines is 2. The molecule has 0 radical (unpaired) electrons. The van der Waals surface area contributed by atoms with E-state index < -0.39 is 0 Å². The molecule has 1 atom stereocenters. The lowest BCUT2D eigenvalue weighted by atomic mass is 10.0. The van der Waals surface area contributed by atoms with Gasteiger partial charge in [0.15, 0.2) is 0 Å². The van der Waals surface area contributed by atoms with Gasteiger partial charge in [-0.25, -0.2) is 9.18 Å². The number of para-hydroxylation sites is 1. The maximum atomic E-state index is 13.4. The zero-order valence-electron chi connectivity index (χ0n) is 18.7. The van der Waals surface area contributed by atoms with Crippen LogP contribution in [0.25, 0.3) is 0 Å². The van der Waals surface area contributed by atoms with Crippen molar-refractivity contribution in [2.45, 2.75) is 6.04 Å². The van der Waals surface area contributed by atoms with E-state index in [1.54, 1.807) is 48.5 Å². The van der Waals surface area contributed by atoms with Gasteiger partial charge in [0.25, 0.3) is 5.91 Å². The Labute approximate surface area is 197 Å². The number of nitrogens with zero attached hydrogens (tertiary/aromatic N) is 1. The first-order valence-corrected chi connectivity index (χ1v) is 11.2. The quantitative estimate of drug-likeness (QED) is 0.490. The average molecular weight is 463 g/mol. The van der Waals surface area contributed by atoms with Crippen LogP contribution in [0.2, 0.25) is 0 Å². The summed E-state index contributed by atoms with van der Waals surface area (Å²) in [5.74, 6) is -0.514. The number of ether oxygens (including phenoxy) is 1. The van der Waals surface area contributed by atoms with Crippen molar-refractivity contribution in [3.8, 4) is 0 Å². The maximum absolute atomic E-state index is 13.4. The fraction of sp³-hybridized carbons (Fsp3) is 0.231. The minimum atomic E-state index is -0.365. The van der Waals surface area contributed by atoms with Crippen molar-refractivity contribution in [3.05, 3.63) is 95.8 Å². The molecule has 7 nitrogen and oxygen atoms in total. The minimum Gasteiger partial charge on any atom is -0.379 e. The van der Waals surface area contributed by atoms with Crippen LogP contribution < -0.4 is 16.0 Å². The Kier molecular flexibility index (Phi) is 7.85. The van der Waals surface area contributed by atoms with Gasteiger partial charge < -0.3 is 20.7 Å². The molecule has 3 aromatic rings. The number of rotatable bonds is 7. The van der Waals surface area contributed by atoms with E-state index in [1.165, 1.54) is 12.1 Å². The fourth-order valence-corrected chi connectivity index (χ4v) is 3.84. The molecule has 0 unspecified atom stereocenters. The lowest BCUT2D eigenvalue weighted by Gasteiger charge is -2.35. The number of carbonyl (C=O) groups is 2. The van der Waals surface area contributed by atoms with E-state index in [2.05, 4.69) is 20.9 Å². The largest absolute Gasteiger partial charge is 0.379 e. The molecular weight excluding hydrogens is 435 g/mol. The first-order chi connectivity index (χ1) is 16.6. The molecule has 8 heteroatoms. The highest BCUT2D eigenvalue weighted by Gasteiger charge is 2.23. The predicted octanol–water partition coefficient (Wildman–Crippen LogP) is 4.27. The van der Waals surface area contributed by atoms with E-state index in [9.17, 15) is 14.0 Å². The van der Waals surface area contributed by atoms with Crippen molar-refractivity contribution < 1.29 is 18.7 Å². The van der Waals surface area contributed by atoms with E-state index in [0.717, 1.165) is 18.7 Å². The second-order valence-electron chi connectivity index (χ2n) is 7.95. The summed E-state index contributed by atoms with van der Waals surface area (Å²) in [7, 11) is 0. The summed E-state index contributed by atoms with van der Waals surface area (Å²) >= 11 is 0. The van der Waals surface area contributed by atoms with Crippen LogP contribution in [0.4, 0.5) is 20.6 Å². The summed E-state index contributed by atoms with van der Waals surface area (Å²) in [6, 6.07) is 21.7. The van der Waals surface area contributed by atoms with Crippen molar-refractivity contribution in [1.82, 2.24) is 10.2 Å². The number of carbonyl (C=O) groups excluding carboxylic acids is 2. The molecule has 0 aromatic heterocycles. The molecule has 1 saturated heterocycles. The Balaban J connectivity index is 1.35. The van der Waals surface area contributed by atoms with Crippen LogP contribution in [0.3, 0.4) is 0 Å². The summed E-state index contributed by atoms with van der Waals surface area (Å²) in [5.41, 5.74) is 2.68. The van der Waals surface area contributed by atoms with Gasteiger partial charge in [-0.1, -0.05) is 30.3 Å². The molecule has 3 aromatic carbocycles. The van der Waals surface area contributed by atoms with Crippen molar-refractivity contribution in [1.29, 1.82) is 0 Å². The normalized spacial score (nSPS) is 14.7. The average Bonchev–Trinajstić information content (AvgIpc) is 2.87. The van der Waals surface area contributed by atoms with Crippen LogP contribution in [0.1, 0.15) is 22.0 Å². The third kappa shape index (κ3) is 6.40. The second-order valence-corrected chi connectivity index (χ2v) is 7.95. The van der Waals surface area contributed by atoms with Crippen LogP contribution in [0.15, 0.2) is 78.9 Å². The van der Waals surface area contributed by atoms with Crippen molar-refractivity contribution in [2.75, 3.05) is 43.5 Å². The number of benzene rings is 3. The fourth-order valence-electron chi connectivity index (χ4n) is 3.84. The standard InChI is InChI=1S/C26H27FN4O3/c27-21-10-6-19(7-11-21)24(31-14-16-34-17-15-31)18-28-25(32)20-8-12-23(13-9-20)30-26(33)29-22-4-2-1-3-5-22/h1-13,24H,14-18H2,(H,28,32)(H2,29,30,33)/t24-/m1/s1. The first kappa shape index (κ1) is 23.4. The van der Waals surface area contributed by atoms with E-state index in [4.69, 9.17) is 4.74 Å². The zero-order chi connectivity index (χ0) is 23.8. The minimum absolute atomic E-state index is 0.0870. The lowest BCUT2D eigenvalue weighted by molar-refractivity contribution is 0.0162. The van der Waals surface area contributed by atoms with Crippen LogP contribution in [-0.2, 0) is 4.74 Å². The van der Waals surface area contributed by atoms with E-state index in [1.807, 2.05) is 18.2 Å². The van der Waals surface area contributed by atoms with Gasteiger partial charge in [0.1, 0.15) is 5.82 Å². The number of halogens is 1. The van der Waals surface area contributed by atoms with E-state index >= 15 is 0 Å². The first-order valence-electron chi connectivity index (χ1n) is 11.2. The van der Waals surface area contributed by atoms with Gasteiger partial charge in [0, 0.05) is 36.6 Å². The molecule has 176 valence electrons. The molecule has 0 bridgehead atoms. The summed E-state index contributed by atoms with van der Waals surface area (Å²) in [6.07, 6.45) is 0. The predicted molar refractivity (Wildman–Crippen MR) is 129 cm³/mol. The van der Waals surface area contributed by atoms with Crippen molar-refractivity contribution >= 4 is 23.3 Å². The van der Waals surface area contributed by atoms with Gasteiger partial charge in [-0.3, -0.25) is 9.69 Å². The number of hydrogen-bond donors (Lipinski definition) is 3. The Bertz CT molecular complexity index is 1090. The summed E-state index contributed by atoms with van der Waals surface area (Å²) in [6.45, 7) is 3.10. The third-order valence-corrected chi connectivity index (χ3v) is 5.63. The molecule has 4 rings (SSSR count). The Morgan fingerprint density at radius 1 is 0.853 bits per heavy atom. The number of urea groups is 1. The smallest absolute Gasteiger partial charge is 0.323 e. The van der Waals surface area contributed by atoms with E-state index in [-0.39, 0.29) is 23.8 Å². The third-order valence-electron chi connectivity index (χ3n) is 5.63. The monoisotopic (exact) mass is 462 g/mol. The SMILES string of the molecule is O=C(Nc1ccccc1)Nc1ccc(C(=O)NC[C@H](c2ccc(F)cc2)N2CCOCC2)cc1. The molecule has 0 saturated carbocycles. The molecule has 3 amide bonds. The highest BCUT2D eigenvalue weighted by Crippen LogP contribution is 2.22. The highest BCUT2D eigenvalue weighted by atomic mass is 19.1. The lowest BCUT2D eigenvalue weighted by Crippen LogP contribution is -2.43. The van der Waals surface area contributed by atoms with E-state index in [0.29, 0.717) is 36.7 Å². The molecule has 1 aliphatic heterocycles. The van der Waals surface area contributed by atoms with Crippen LogP contribution >= 0.6 is 0 Å². The molecule has 1 aliphatic rings. The van der Waals surface area contributed by atoms with Crippen LogP contribution in [0.5, 0.6) is 0 Å². The molecule has 3 N–H and O–H groups in total. The Hall–Kier alpha value is -3.75. The van der Waals surface area contributed by atoms with Crippen LogP contribution in [0, 0.1) is 5.82 Å². The maximum Gasteiger partial charge on any atom is 0.323 e. The number of amides is 3. The molecule has 34 heavy (non-hydrogen) atoms. The number of nitrogens with one attached hydrogen (secondary N) is 3. The summed E-state index contributed by atoms with van der Waals surface area (Å²) in [5, 5.41) is 8.48.